The van der Waals surface area contributed by atoms with Gasteiger partial charge in [-0.15, -0.1) is 11.3 Å². The first-order chi connectivity index (χ1) is 7.76. The first-order valence-electron chi connectivity index (χ1n) is 5.36. The van der Waals surface area contributed by atoms with Crippen LogP contribution < -0.4 is 5.32 Å². The van der Waals surface area contributed by atoms with E-state index in [9.17, 15) is 0 Å². The van der Waals surface area contributed by atoms with Crippen LogP contribution in [-0.2, 0) is 20.0 Å². The largest absolute Gasteiger partial charge is 0.332 e. The summed E-state index contributed by atoms with van der Waals surface area (Å²) in [5.74, 6) is 0. The molecule has 0 aliphatic carbocycles. The van der Waals surface area contributed by atoms with Crippen molar-refractivity contribution in [1.29, 1.82) is 0 Å². The zero-order chi connectivity index (χ0) is 11.5. The van der Waals surface area contributed by atoms with Gasteiger partial charge in [-0.2, -0.15) is 0 Å². The van der Waals surface area contributed by atoms with E-state index in [0.29, 0.717) is 0 Å². The summed E-state index contributed by atoms with van der Waals surface area (Å²) in [6.45, 7) is 3.03. The Hall–Kier alpha value is -1.20. The number of aryl methyl sites for hydroxylation is 2. The van der Waals surface area contributed by atoms with E-state index in [1.807, 2.05) is 24.9 Å². The number of thiazole rings is 1. The minimum Gasteiger partial charge on any atom is -0.332 e. The van der Waals surface area contributed by atoms with E-state index in [1.165, 1.54) is 10.6 Å². The molecule has 0 spiro atoms. The molecule has 0 atom stereocenters. The van der Waals surface area contributed by atoms with E-state index in [-0.39, 0.29) is 0 Å². The smallest absolute Gasteiger partial charge is 0.142 e. The lowest BCUT2D eigenvalue weighted by molar-refractivity contribution is 0.814. The zero-order valence-corrected chi connectivity index (χ0v) is 10.6. The topological polar surface area (TPSA) is 42.7 Å². The Morgan fingerprint density at radius 3 is 2.88 bits per heavy atom. The number of aromatic nitrogens is 3. The monoisotopic (exact) mass is 236 g/mol. The standard InChI is InChI=1S/C11H16N4S/c1-4-8-10(6-12-2)16-11(14-8)9-5-13-7-15(9)3/h5,7,12H,4,6H2,1-3H3. The van der Waals surface area contributed by atoms with Crippen LogP contribution in [0, 0.1) is 0 Å². The maximum absolute atomic E-state index is 4.67. The van der Waals surface area contributed by atoms with Crippen molar-refractivity contribution >= 4 is 11.3 Å². The van der Waals surface area contributed by atoms with Gasteiger partial charge < -0.3 is 9.88 Å². The van der Waals surface area contributed by atoms with E-state index in [0.717, 1.165) is 23.7 Å². The fraction of sp³-hybridized carbons (Fsp3) is 0.455. The third-order valence-corrected chi connectivity index (χ3v) is 3.61. The first-order valence-corrected chi connectivity index (χ1v) is 6.17. The van der Waals surface area contributed by atoms with Crippen LogP contribution in [0.4, 0.5) is 0 Å². The van der Waals surface area contributed by atoms with Gasteiger partial charge in [0.2, 0.25) is 0 Å². The normalized spacial score (nSPS) is 10.9. The molecule has 0 radical (unpaired) electrons. The highest BCUT2D eigenvalue weighted by Gasteiger charge is 2.12. The Bertz CT molecular complexity index is 472. The molecule has 0 aliphatic rings. The molecule has 0 bridgehead atoms. The molecule has 0 aliphatic heterocycles. The van der Waals surface area contributed by atoms with Crippen molar-refractivity contribution in [2.24, 2.45) is 7.05 Å². The number of hydrogen-bond acceptors (Lipinski definition) is 4. The summed E-state index contributed by atoms with van der Waals surface area (Å²) in [7, 11) is 3.95. The number of rotatable bonds is 4. The van der Waals surface area contributed by atoms with Gasteiger partial charge in [-0.1, -0.05) is 6.92 Å². The third kappa shape index (κ3) is 2.01. The summed E-state index contributed by atoms with van der Waals surface area (Å²) in [4.78, 5) is 10.1. The Morgan fingerprint density at radius 2 is 2.31 bits per heavy atom. The van der Waals surface area contributed by atoms with Gasteiger partial charge in [0.1, 0.15) is 5.01 Å². The van der Waals surface area contributed by atoms with E-state index in [1.54, 1.807) is 17.7 Å². The van der Waals surface area contributed by atoms with E-state index < -0.39 is 0 Å². The van der Waals surface area contributed by atoms with Gasteiger partial charge in [0.05, 0.1) is 23.9 Å². The second-order valence-electron chi connectivity index (χ2n) is 3.66. The van der Waals surface area contributed by atoms with Crippen LogP contribution in [0.3, 0.4) is 0 Å². The molecule has 2 rings (SSSR count). The molecule has 16 heavy (non-hydrogen) atoms. The maximum Gasteiger partial charge on any atom is 0.142 e. The van der Waals surface area contributed by atoms with Crippen LogP contribution in [-0.4, -0.2) is 21.6 Å². The molecular weight excluding hydrogens is 220 g/mol. The lowest BCUT2D eigenvalue weighted by Crippen LogP contribution is -2.05. The number of imidazole rings is 1. The summed E-state index contributed by atoms with van der Waals surface area (Å²) in [5, 5.41) is 4.24. The number of nitrogens with one attached hydrogen (secondary N) is 1. The van der Waals surface area contributed by atoms with Gasteiger partial charge in [0.25, 0.3) is 0 Å². The molecule has 0 unspecified atom stereocenters. The van der Waals surface area contributed by atoms with Gasteiger partial charge in [-0.05, 0) is 13.5 Å². The predicted molar refractivity (Wildman–Crippen MR) is 66.5 cm³/mol. The quantitative estimate of drug-likeness (QED) is 0.880. The average molecular weight is 236 g/mol. The Balaban J connectivity index is 2.39. The minimum absolute atomic E-state index is 0.888. The minimum atomic E-state index is 0.888. The SMILES string of the molecule is CCc1nc(-c2cncn2C)sc1CNC. The van der Waals surface area contributed by atoms with Crippen LogP contribution in [0.15, 0.2) is 12.5 Å². The highest BCUT2D eigenvalue weighted by molar-refractivity contribution is 7.15. The fourth-order valence-electron chi connectivity index (χ4n) is 1.63. The van der Waals surface area contributed by atoms with Crippen LogP contribution in [0.1, 0.15) is 17.5 Å². The summed E-state index contributed by atoms with van der Waals surface area (Å²) in [5.41, 5.74) is 2.28. The predicted octanol–water partition coefficient (Wildman–Crippen LogP) is 1.83. The molecule has 5 heteroatoms. The maximum atomic E-state index is 4.67. The molecule has 2 heterocycles. The number of hydrogen-bond donors (Lipinski definition) is 1. The lowest BCUT2D eigenvalue weighted by Gasteiger charge is -1.96. The van der Waals surface area contributed by atoms with Crippen molar-refractivity contribution in [3.63, 3.8) is 0 Å². The molecule has 0 aromatic carbocycles. The summed E-state index contributed by atoms with van der Waals surface area (Å²) < 4.78 is 2.00. The fourth-order valence-corrected chi connectivity index (χ4v) is 2.85. The number of nitrogens with zero attached hydrogens (tertiary/aromatic N) is 3. The van der Waals surface area contributed by atoms with Gasteiger partial charge in [0.15, 0.2) is 0 Å². The molecule has 0 saturated heterocycles. The molecule has 86 valence electrons. The molecular formula is C11H16N4S. The molecule has 0 fully saturated rings. The molecule has 2 aromatic heterocycles. The zero-order valence-electron chi connectivity index (χ0n) is 9.82. The molecule has 4 nitrogen and oxygen atoms in total. The molecule has 0 saturated carbocycles. The van der Waals surface area contributed by atoms with E-state index >= 15 is 0 Å². The second-order valence-corrected chi connectivity index (χ2v) is 4.75. The van der Waals surface area contributed by atoms with Crippen LogP contribution in [0.2, 0.25) is 0 Å². The van der Waals surface area contributed by atoms with Crippen molar-refractivity contribution in [3.8, 4) is 10.7 Å². The highest BCUT2D eigenvalue weighted by atomic mass is 32.1. The summed E-state index contributed by atoms with van der Waals surface area (Å²) >= 11 is 1.75. The summed E-state index contributed by atoms with van der Waals surface area (Å²) in [6, 6.07) is 0. The lowest BCUT2D eigenvalue weighted by atomic mass is 10.3. The van der Waals surface area contributed by atoms with Crippen LogP contribution in [0.5, 0.6) is 0 Å². The Morgan fingerprint density at radius 1 is 1.50 bits per heavy atom. The van der Waals surface area contributed by atoms with Crippen molar-refractivity contribution in [2.45, 2.75) is 19.9 Å². The van der Waals surface area contributed by atoms with Crippen LogP contribution >= 0.6 is 11.3 Å². The average Bonchev–Trinajstić information content (AvgIpc) is 2.85. The van der Waals surface area contributed by atoms with E-state index in [4.69, 9.17) is 0 Å². The van der Waals surface area contributed by atoms with Crippen molar-refractivity contribution in [2.75, 3.05) is 7.05 Å². The van der Waals surface area contributed by atoms with Crippen LogP contribution in [0.25, 0.3) is 10.7 Å². The Kier molecular flexibility index (Phi) is 3.36. The van der Waals surface area contributed by atoms with Gasteiger partial charge >= 0.3 is 0 Å². The first kappa shape index (κ1) is 11.3. The second kappa shape index (κ2) is 4.76. The summed E-state index contributed by atoms with van der Waals surface area (Å²) in [6.07, 6.45) is 4.65. The third-order valence-electron chi connectivity index (χ3n) is 2.49. The van der Waals surface area contributed by atoms with Crippen molar-refractivity contribution in [1.82, 2.24) is 19.9 Å². The molecule has 1 N–H and O–H groups in total. The van der Waals surface area contributed by atoms with Gasteiger partial charge in [0, 0.05) is 18.5 Å². The Labute approximate surface area is 99.4 Å². The van der Waals surface area contributed by atoms with Crippen molar-refractivity contribution in [3.05, 3.63) is 23.1 Å². The van der Waals surface area contributed by atoms with Gasteiger partial charge in [-0.25, -0.2) is 9.97 Å². The highest BCUT2D eigenvalue weighted by Crippen LogP contribution is 2.27. The van der Waals surface area contributed by atoms with Gasteiger partial charge in [-0.3, -0.25) is 0 Å². The molecule has 0 amide bonds. The molecule has 2 aromatic rings. The van der Waals surface area contributed by atoms with E-state index in [2.05, 4.69) is 22.2 Å². The van der Waals surface area contributed by atoms with Crippen molar-refractivity contribution < 1.29 is 0 Å².